The van der Waals surface area contributed by atoms with Crippen molar-refractivity contribution < 1.29 is 22.8 Å². The van der Waals surface area contributed by atoms with Gasteiger partial charge in [-0.2, -0.15) is 5.10 Å². The minimum Gasteiger partial charge on any atom is -0.494 e. The molecule has 12 nitrogen and oxygen atoms in total. The molecule has 3 aromatic heterocycles. The number of carbonyl (C=O) groups excluding carboxylic acids is 1. The molecule has 39 heavy (non-hydrogen) atoms. The Hall–Kier alpha value is -4.36. The lowest BCUT2D eigenvalue weighted by atomic mass is 10.1. The van der Waals surface area contributed by atoms with Crippen LogP contribution in [0.4, 0.5) is 21.6 Å². The quantitative estimate of drug-likeness (QED) is 0.263. The predicted molar refractivity (Wildman–Crippen MR) is 141 cm³/mol. The number of pyridine rings is 1. The van der Waals surface area contributed by atoms with Gasteiger partial charge < -0.3 is 25.8 Å². The maximum absolute atomic E-state index is 14.2. The number of nitrogens with two attached hydrogens (primary N) is 1. The molecule has 5 rings (SSSR count). The van der Waals surface area contributed by atoms with Gasteiger partial charge in [-0.3, -0.25) is 4.79 Å². The molecule has 1 aromatic carbocycles. The second kappa shape index (κ2) is 11.2. The van der Waals surface area contributed by atoms with Gasteiger partial charge in [-0.15, -0.1) is 10.2 Å². The zero-order chi connectivity index (χ0) is 30.0. The van der Waals surface area contributed by atoms with E-state index in [2.05, 4.69) is 30.6 Å². The van der Waals surface area contributed by atoms with Crippen LogP contribution < -0.4 is 21.1 Å². The number of aromatic nitrogens is 6. The minimum atomic E-state index is -2.76. The molecule has 0 aliphatic heterocycles. The molecule has 1 aliphatic carbocycles. The lowest BCUT2D eigenvalue weighted by Crippen LogP contribution is -2.21. The van der Waals surface area contributed by atoms with Gasteiger partial charge in [0.05, 0.1) is 43.3 Å². The highest BCUT2D eigenvalue weighted by molar-refractivity contribution is 6.29. The summed E-state index contributed by atoms with van der Waals surface area (Å²) < 4.78 is 49.5. The summed E-state index contributed by atoms with van der Waals surface area (Å²) in [7, 11) is 1.45. The second-order valence-electron chi connectivity index (χ2n) is 8.67. The lowest BCUT2D eigenvalue weighted by Gasteiger charge is -2.17. The first-order valence-electron chi connectivity index (χ1n) is 13.2. The first kappa shape index (κ1) is 22.6. The van der Waals surface area contributed by atoms with Crippen LogP contribution in [-0.4, -0.2) is 49.9 Å². The van der Waals surface area contributed by atoms with Gasteiger partial charge in [0.15, 0.2) is 22.4 Å². The molecule has 3 heterocycles. The van der Waals surface area contributed by atoms with Gasteiger partial charge in [-0.1, -0.05) is 11.6 Å². The number of hydrogen-bond acceptors (Lipinski definition) is 10. The summed E-state index contributed by atoms with van der Waals surface area (Å²) in [6.07, 6.45) is 3.65. The molecule has 4 aromatic rings. The van der Waals surface area contributed by atoms with Crippen LogP contribution in [-0.2, 0) is 18.0 Å². The molecule has 1 aliphatic rings. The van der Waals surface area contributed by atoms with E-state index in [-0.39, 0.29) is 47.3 Å². The lowest BCUT2D eigenvalue weighted by molar-refractivity contribution is 0.0958. The summed E-state index contributed by atoms with van der Waals surface area (Å²) >= 11 is 6.07. The van der Waals surface area contributed by atoms with Crippen molar-refractivity contribution in [1.29, 1.82) is 0 Å². The van der Waals surface area contributed by atoms with E-state index in [1.54, 1.807) is 23.1 Å². The normalized spacial score (nSPS) is 14.3. The third-order valence-corrected chi connectivity index (χ3v) is 6.02. The van der Waals surface area contributed by atoms with Crippen LogP contribution in [0, 0.1) is 5.82 Å². The number of hydrogen-bond donors (Lipinski definition) is 3. The number of rotatable bonds is 10. The molecule has 0 bridgehead atoms. The summed E-state index contributed by atoms with van der Waals surface area (Å²) in [6.45, 7) is -2.91. The van der Waals surface area contributed by atoms with Crippen molar-refractivity contribution in [2.75, 3.05) is 25.1 Å². The van der Waals surface area contributed by atoms with Crippen LogP contribution in [0.3, 0.4) is 0 Å². The highest BCUT2D eigenvalue weighted by Crippen LogP contribution is 2.40. The third-order valence-electron chi connectivity index (χ3n) is 5.83. The Balaban J connectivity index is 1.51. The van der Waals surface area contributed by atoms with Gasteiger partial charge in [0, 0.05) is 17.2 Å². The second-order valence-corrected chi connectivity index (χ2v) is 9.06. The van der Waals surface area contributed by atoms with Crippen molar-refractivity contribution in [2.24, 2.45) is 0 Å². The highest BCUT2D eigenvalue weighted by atomic mass is 35.5. The average Bonchev–Trinajstić information content (AvgIpc) is 3.65. The Labute approximate surface area is 231 Å². The van der Waals surface area contributed by atoms with Crippen LogP contribution in [0.25, 0.3) is 11.4 Å². The number of benzene rings is 1. The molecule has 1 amide bonds. The fourth-order valence-corrected chi connectivity index (χ4v) is 4.01. The fourth-order valence-electron chi connectivity index (χ4n) is 3.87. The van der Waals surface area contributed by atoms with Crippen molar-refractivity contribution in [3.05, 3.63) is 64.6 Å². The highest BCUT2D eigenvalue weighted by Gasteiger charge is 2.26. The molecule has 1 saturated carbocycles. The standard InChI is InChI=1S/C25H25ClFN9O3/c1-29-25(37)22-17(9-20(26)33-34-22)31-18-8-13(10-39-11-19-16(27)5-6-21(28)32-19)7-15(23(18)38-2)24-30-12-36(35-24)14-3-4-14/h5-9,12,14H,3-4,10-11H2,1-2H3,(H2,28,32)(H,29,37)(H,31,33)/i1D3. The Morgan fingerprint density at radius 2 is 2.10 bits per heavy atom. The topological polar surface area (TPSA) is 155 Å². The largest absolute Gasteiger partial charge is 0.494 e. The Morgan fingerprint density at radius 1 is 1.26 bits per heavy atom. The van der Waals surface area contributed by atoms with E-state index in [1.165, 1.54) is 25.3 Å². The Bertz CT molecular complexity index is 1630. The molecule has 0 unspecified atom stereocenters. The molecular formula is C25H25ClFN9O3. The SMILES string of the molecule is [2H]C([2H])([2H])NC(=O)c1nnc(Cl)cc1Nc1cc(COCc2nc(N)ccc2F)cc(-c2ncn(C3CC3)n2)c1OC. The third kappa shape index (κ3) is 5.89. The Morgan fingerprint density at radius 3 is 2.87 bits per heavy atom. The number of nitrogens with zero attached hydrogens (tertiary/aromatic N) is 6. The van der Waals surface area contributed by atoms with Gasteiger partial charge in [-0.25, -0.2) is 19.0 Å². The smallest absolute Gasteiger partial charge is 0.273 e. The van der Waals surface area contributed by atoms with E-state index < -0.39 is 18.7 Å². The summed E-state index contributed by atoms with van der Waals surface area (Å²) in [5.74, 6) is -0.707. The van der Waals surface area contributed by atoms with Crippen LogP contribution in [0.2, 0.25) is 5.15 Å². The number of halogens is 2. The van der Waals surface area contributed by atoms with E-state index in [1.807, 2.05) is 5.32 Å². The molecule has 202 valence electrons. The summed E-state index contributed by atoms with van der Waals surface area (Å²) in [6, 6.07) is 7.60. The molecule has 4 N–H and O–H groups in total. The number of anilines is 3. The summed E-state index contributed by atoms with van der Waals surface area (Å²) in [4.78, 5) is 21.1. The van der Waals surface area contributed by atoms with E-state index in [9.17, 15) is 9.18 Å². The van der Waals surface area contributed by atoms with E-state index in [0.717, 1.165) is 12.8 Å². The number of ether oxygens (including phenoxy) is 2. The molecule has 0 spiro atoms. The van der Waals surface area contributed by atoms with Crippen LogP contribution >= 0.6 is 11.6 Å². The van der Waals surface area contributed by atoms with Crippen molar-refractivity contribution >= 4 is 34.7 Å². The van der Waals surface area contributed by atoms with E-state index >= 15 is 0 Å². The first-order valence-corrected chi connectivity index (χ1v) is 12.1. The van der Waals surface area contributed by atoms with Gasteiger partial charge >= 0.3 is 0 Å². The van der Waals surface area contributed by atoms with Crippen LogP contribution in [0.1, 0.15) is 44.7 Å². The fraction of sp³-hybridized carbons (Fsp3) is 0.280. The molecule has 0 saturated heterocycles. The van der Waals surface area contributed by atoms with E-state index in [0.29, 0.717) is 28.4 Å². The molecule has 0 radical (unpaired) electrons. The number of methoxy groups -OCH3 is 1. The van der Waals surface area contributed by atoms with Crippen LogP contribution in [0.15, 0.2) is 36.7 Å². The zero-order valence-corrected chi connectivity index (χ0v) is 21.4. The van der Waals surface area contributed by atoms with Crippen molar-refractivity contribution in [3.63, 3.8) is 0 Å². The molecule has 14 heteroatoms. The zero-order valence-electron chi connectivity index (χ0n) is 23.6. The summed E-state index contributed by atoms with van der Waals surface area (Å²) in [5.41, 5.74) is 6.89. The monoisotopic (exact) mass is 556 g/mol. The van der Waals surface area contributed by atoms with Crippen LogP contribution in [0.5, 0.6) is 5.75 Å². The molecular weight excluding hydrogens is 529 g/mol. The van der Waals surface area contributed by atoms with Gasteiger partial charge in [0.25, 0.3) is 5.91 Å². The van der Waals surface area contributed by atoms with Crippen molar-refractivity contribution in [2.45, 2.75) is 32.1 Å². The predicted octanol–water partition coefficient (Wildman–Crippen LogP) is 3.67. The van der Waals surface area contributed by atoms with Gasteiger partial charge in [-0.05, 0) is 42.7 Å². The van der Waals surface area contributed by atoms with Gasteiger partial charge in [0.2, 0.25) is 0 Å². The van der Waals surface area contributed by atoms with Crippen molar-refractivity contribution in [3.8, 4) is 17.1 Å². The maximum atomic E-state index is 14.2. The molecule has 1 fully saturated rings. The number of nitrogen functional groups attached to an aromatic ring is 1. The maximum Gasteiger partial charge on any atom is 0.273 e. The van der Waals surface area contributed by atoms with Crippen molar-refractivity contribution in [1.82, 2.24) is 35.3 Å². The minimum absolute atomic E-state index is 0.00662. The summed E-state index contributed by atoms with van der Waals surface area (Å²) in [5, 5.41) is 17.0. The first-order chi connectivity index (χ1) is 20.0. The van der Waals surface area contributed by atoms with E-state index in [4.69, 9.17) is 30.9 Å². The Kier molecular flexibility index (Phi) is 6.48. The molecule has 0 atom stereocenters. The number of nitrogens with one attached hydrogen (secondary N) is 2. The average molecular weight is 557 g/mol. The number of carbonyl (C=O) groups is 1. The van der Waals surface area contributed by atoms with Gasteiger partial charge in [0.1, 0.15) is 23.7 Å². The number of amides is 1.